The van der Waals surface area contributed by atoms with E-state index in [4.69, 9.17) is 16.7 Å². The standard InChI is InChI=1S/C14H18ClN3O3/c1-9-4-10(13(19)20)8-18(7-9)14(21)17-6-12-3-2-11(15)5-16-12/h2-3,5,9-10H,4,6-8H2,1H3,(H,17,21)(H,19,20). The Bertz CT molecular complexity index is 521. The fraction of sp³-hybridized carbons (Fsp3) is 0.500. The van der Waals surface area contributed by atoms with Gasteiger partial charge in [-0.15, -0.1) is 0 Å². The number of rotatable bonds is 3. The zero-order valence-corrected chi connectivity index (χ0v) is 12.5. The minimum Gasteiger partial charge on any atom is -0.481 e. The summed E-state index contributed by atoms with van der Waals surface area (Å²) in [6, 6.07) is 3.19. The lowest BCUT2D eigenvalue weighted by Gasteiger charge is -2.34. The van der Waals surface area contributed by atoms with Crippen molar-refractivity contribution in [3.05, 3.63) is 29.0 Å². The van der Waals surface area contributed by atoms with E-state index in [9.17, 15) is 9.59 Å². The van der Waals surface area contributed by atoms with Gasteiger partial charge < -0.3 is 15.3 Å². The van der Waals surface area contributed by atoms with Gasteiger partial charge in [-0.25, -0.2) is 4.79 Å². The maximum Gasteiger partial charge on any atom is 0.317 e. The van der Waals surface area contributed by atoms with Crippen LogP contribution in [0.2, 0.25) is 5.02 Å². The molecule has 6 nitrogen and oxygen atoms in total. The minimum atomic E-state index is -0.848. The third-order valence-corrected chi connectivity index (χ3v) is 3.73. The lowest BCUT2D eigenvalue weighted by atomic mass is 9.91. The molecular weight excluding hydrogens is 294 g/mol. The number of amides is 2. The number of hydrogen-bond acceptors (Lipinski definition) is 3. The number of likely N-dealkylation sites (tertiary alicyclic amines) is 1. The first-order chi connectivity index (χ1) is 9.95. The molecule has 1 aliphatic rings. The molecule has 0 spiro atoms. The van der Waals surface area contributed by atoms with Gasteiger partial charge in [-0.1, -0.05) is 18.5 Å². The van der Waals surface area contributed by atoms with Crippen LogP contribution in [0.4, 0.5) is 4.79 Å². The Morgan fingerprint density at radius 2 is 2.24 bits per heavy atom. The summed E-state index contributed by atoms with van der Waals surface area (Å²) in [5.74, 6) is -1.16. The summed E-state index contributed by atoms with van der Waals surface area (Å²) in [5.41, 5.74) is 0.701. The molecule has 114 valence electrons. The van der Waals surface area contributed by atoms with E-state index < -0.39 is 11.9 Å². The zero-order chi connectivity index (χ0) is 15.4. The normalized spacial score (nSPS) is 21.9. The van der Waals surface area contributed by atoms with Crippen LogP contribution >= 0.6 is 11.6 Å². The number of halogens is 1. The molecule has 21 heavy (non-hydrogen) atoms. The lowest BCUT2D eigenvalue weighted by molar-refractivity contribution is -0.143. The Kier molecular flexibility index (Phi) is 5.01. The average Bonchev–Trinajstić information content (AvgIpc) is 2.45. The van der Waals surface area contributed by atoms with Gasteiger partial charge in [-0.3, -0.25) is 9.78 Å². The van der Waals surface area contributed by atoms with E-state index in [2.05, 4.69) is 10.3 Å². The third-order valence-electron chi connectivity index (χ3n) is 3.51. The molecule has 0 radical (unpaired) electrons. The highest BCUT2D eigenvalue weighted by molar-refractivity contribution is 6.30. The Hall–Kier alpha value is -1.82. The van der Waals surface area contributed by atoms with Crippen molar-refractivity contribution in [1.29, 1.82) is 0 Å². The van der Waals surface area contributed by atoms with Crippen LogP contribution in [-0.2, 0) is 11.3 Å². The lowest BCUT2D eigenvalue weighted by Crippen LogP contribution is -2.49. The van der Waals surface area contributed by atoms with Crippen molar-refractivity contribution in [2.24, 2.45) is 11.8 Å². The van der Waals surface area contributed by atoms with Crippen LogP contribution in [0.15, 0.2) is 18.3 Å². The number of aromatic nitrogens is 1. The summed E-state index contributed by atoms with van der Waals surface area (Å²) in [4.78, 5) is 28.9. The number of aliphatic carboxylic acids is 1. The monoisotopic (exact) mass is 311 g/mol. The number of nitrogens with one attached hydrogen (secondary N) is 1. The maximum absolute atomic E-state index is 12.1. The van der Waals surface area contributed by atoms with Crippen LogP contribution in [0.25, 0.3) is 0 Å². The molecule has 2 rings (SSSR count). The molecule has 2 unspecified atom stereocenters. The van der Waals surface area contributed by atoms with E-state index >= 15 is 0 Å². The van der Waals surface area contributed by atoms with E-state index in [0.717, 1.165) is 0 Å². The predicted octanol–water partition coefficient (Wildman–Crippen LogP) is 1.99. The molecule has 1 fully saturated rings. The number of piperidine rings is 1. The van der Waals surface area contributed by atoms with Crippen molar-refractivity contribution in [2.45, 2.75) is 19.9 Å². The number of hydrogen-bond donors (Lipinski definition) is 2. The first-order valence-electron chi connectivity index (χ1n) is 6.81. The van der Waals surface area contributed by atoms with Crippen LogP contribution in [0.5, 0.6) is 0 Å². The highest BCUT2D eigenvalue weighted by Crippen LogP contribution is 2.21. The van der Waals surface area contributed by atoms with Crippen molar-refractivity contribution >= 4 is 23.6 Å². The summed E-state index contributed by atoms with van der Waals surface area (Å²) in [7, 11) is 0. The molecule has 0 saturated carbocycles. The molecular formula is C14H18ClN3O3. The molecule has 1 aromatic heterocycles. The van der Waals surface area contributed by atoms with Gasteiger partial charge in [-0.2, -0.15) is 0 Å². The molecule has 0 aromatic carbocycles. The molecule has 2 atom stereocenters. The fourth-order valence-electron chi connectivity index (χ4n) is 2.49. The average molecular weight is 312 g/mol. The smallest absolute Gasteiger partial charge is 0.317 e. The number of urea groups is 1. The molecule has 1 aromatic rings. The van der Waals surface area contributed by atoms with E-state index in [1.54, 1.807) is 17.0 Å². The SMILES string of the molecule is CC1CC(C(=O)O)CN(C(=O)NCc2ccc(Cl)cn2)C1. The summed E-state index contributed by atoms with van der Waals surface area (Å²) < 4.78 is 0. The Morgan fingerprint density at radius 1 is 1.48 bits per heavy atom. The van der Waals surface area contributed by atoms with Gasteiger partial charge in [0.25, 0.3) is 0 Å². The van der Waals surface area contributed by atoms with Crippen molar-refractivity contribution in [3.63, 3.8) is 0 Å². The summed E-state index contributed by atoms with van der Waals surface area (Å²) in [6.45, 7) is 3.07. The van der Waals surface area contributed by atoms with Crippen molar-refractivity contribution in [3.8, 4) is 0 Å². The zero-order valence-electron chi connectivity index (χ0n) is 11.8. The van der Waals surface area contributed by atoms with Crippen molar-refractivity contribution in [2.75, 3.05) is 13.1 Å². The van der Waals surface area contributed by atoms with Gasteiger partial charge in [0.1, 0.15) is 0 Å². The summed E-state index contributed by atoms with van der Waals surface area (Å²) in [6.07, 6.45) is 2.13. The van der Waals surface area contributed by atoms with Gasteiger partial charge in [0.15, 0.2) is 0 Å². The van der Waals surface area contributed by atoms with Crippen LogP contribution < -0.4 is 5.32 Å². The van der Waals surface area contributed by atoms with Crippen LogP contribution in [0, 0.1) is 11.8 Å². The Morgan fingerprint density at radius 3 is 2.86 bits per heavy atom. The first-order valence-corrected chi connectivity index (χ1v) is 7.19. The number of carbonyl (C=O) groups excluding carboxylic acids is 1. The van der Waals surface area contributed by atoms with Gasteiger partial charge in [0.2, 0.25) is 0 Å². The van der Waals surface area contributed by atoms with E-state index in [0.29, 0.717) is 30.2 Å². The second-order valence-electron chi connectivity index (χ2n) is 5.41. The van der Waals surface area contributed by atoms with Crippen LogP contribution in [0.1, 0.15) is 19.0 Å². The maximum atomic E-state index is 12.1. The van der Waals surface area contributed by atoms with E-state index in [1.807, 2.05) is 6.92 Å². The second kappa shape index (κ2) is 6.76. The molecule has 2 N–H and O–H groups in total. The number of pyridine rings is 1. The number of nitrogens with zero attached hydrogens (tertiary/aromatic N) is 2. The van der Waals surface area contributed by atoms with Crippen LogP contribution in [0.3, 0.4) is 0 Å². The van der Waals surface area contributed by atoms with Crippen molar-refractivity contribution in [1.82, 2.24) is 15.2 Å². The first kappa shape index (κ1) is 15.6. The molecule has 0 aliphatic carbocycles. The minimum absolute atomic E-state index is 0.180. The molecule has 1 aliphatic heterocycles. The van der Waals surface area contributed by atoms with Crippen LogP contribution in [-0.4, -0.2) is 40.1 Å². The second-order valence-corrected chi connectivity index (χ2v) is 5.84. The number of carbonyl (C=O) groups is 2. The Balaban J connectivity index is 1.90. The quantitative estimate of drug-likeness (QED) is 0.894. The molecule has 7 heteroatoms. The highest BCUT2D eigenvalue weighted by atomic mass is 35.5. The van der Waals surface area contributed by atoms with Gasteiger partial charge >= 0.3 is 12.0 Å². The fourth-order valence-corrected chi connectivity index (χ4v) is 2.60. The van der Waals surface area contributed by atoms with E-state index in [-0.39, 0.29) is 18.5 Å². The topological polar surface area (TPSA) is 82.5 Å². The molecule has 0 bridgehead atoms. The van der Waals surface area contributed by atoms with Crippen molar-refractivity contribution < 1.29 is 14.7 Å². The third kappa shape index (κ3) is 4.32. The van der Waals surface area contributed by atoms with E-state index in [1.165, 1.54) is 6.20 Å². The van der Waals surface area contributed by atoms with Gasteiger partial charge in [0, 0.05) is 19.3 Å². The summed E-state index contributed by atoms with van der Waals surface area (Å²) in [5, 5.41) is 12.4. The van der Waals surface area contributed by atoms with Gasteiger partial charge in [0.05, 0.1) is 23.2 Å². The molecule has 1 saturated heterocycles. The highest BCUT2D eigenvalue weighted by Gasteiger charge is 2.31. The number of carboxylic acids is 1. The summed E-state index contributed by atoms with van der Waals surface area (Å²) >= 11 is 5.74. The Labute approximate surface area is 128 Å². The molecule has 2 amide bonds. The number of carboxylic acid groups (broad SMARTS) is 1. The van der Waals surface area contributed by atoms with Gasteiger partial charge in [-0.05, 0) is 24.5 Å². The molecule has 2 heterocycles. The predicted molar refractivity (Wildman–Crippen MR) is 78.0 cm³/mol. The largest absolute Gasteiger partial charge is 0.481 e.